The van der Waals surface area contributed by atoms with E-state index in [1.165, 1.54) is 11.1 Å². The van der Waals surface area contributed by atoms with Crippen molar-refractivity contribution in [2.24, 2.45) is 0 Å². The smallest absolute Gasteiger partial charge is 0.253 e. The summed E-state index contributed by atoms with van der Waals surface area (Å²) in [5.74, 6) is 0.108. The molecule has 1 saturated heterocycles. The summed E-state index contributed by atoms with van der Waals surface area (Å²) in [6, 6.07) is 29.1. The van der Waals surface area contributed by atoms with Crippen LogP contribution < -0.4 is 0 Å². The Hall–Kier alpha value is -2.43. The number of carbonyl (C=O) groups is 1. The molecule has 0 spiro atoms. The quantitative estimate of drug-likeness (QED) is 0.576. The average Bonchev–Trinajstić information content (AvgIpc) is 2.75. The Morgan fingerprint density at radius 1 is 0.750 bits per heavy atom. The van der Waals surface area contributed by atoms with Gasteiger partial charge >= 0.3 is 0 Å². The molecular weight excluding hydrogens is 412 g/mol. The minimum atomic E-state index is 0.108. The normalized spacial score (nSPS) is 15.0. The zero-order valence-electron chi connectivity index (χ0n) is 15.7. The van der Waals surface area contributed by atoms with E-state index in [1.54, 1.807) is 0 Å². The van der Waals surface area contributed by atoms with Gasteiger partial charge in [-0.15, -0.1) is 0 Å². The van der Waals surface area contributed by atoms with E-state index in [0.717, 1.165) is 36.2 Å². The molecule has 0 saturated carbocycles. The van der Waals surface area contributed by atoms with Crippen LogP contribution in [0, 0.1) is 0 Å². The predicted molar refractivity (Wildman–Crippen MR) is 116 cm³/mol. The number of rotatable bonds is 4. The van der Waals surface area contributed by atoms with Crippen LogP contribution in [-0.4, -0.2) is 41.9 Å². The van der Waals surface area contributed by atoms with Gasteiger partial charge in [0.05, 0.1) is 6.04 Å². The van der Waals surface area contributed by atoms with E-state index < -0.39 is 0 Å². The lowest BCUT2D eigenvalue weighted by molar-refractivity contribution is 0.0597. The second-order valence-corrected chi connectivity index (χ2v) is 7.98. The number of hydrogen-bond donors (Lipinski definition) is 0. The molecule has 1 aliphatic heterocycles. The molecule has 142 valence electrons. The molecule has 0 aromatic heterocycles. The number of amides is 1. The van der Waals surface area contributed by atoms with E-state index >= 15 is 0 Å². The van der Waals surface area contributed by atoms with Gasteiger partial charge in [-0.05, 0) is 29.3 Å². The molecule has 1 fully saturated rings. The van der Waals surface area contributed by atoms with Gasteiger partial charge in [0.15, 0.2) is 0 Å². The summed E-state index contributed by atoms with van der Waals surface area (Å²) in [6.07, 6.45) is 0. The first-order valence-electron chi connectivity index (χ1n) is 9.61. The Labute approximate surface area is 174 Å². The maximum Gasteiger partial charge on any atom is 0.253 e. The first kappa shape index (κ1) is 18.9. The van der Waals surface area contributed by atoms with Crippen molar-refractivity contribution in [3.05, 3.63) is 106 Å². The summed E-state index contributed by atoms with van der Waals surface area (Å²) < 4.78 is 0.935. The third kappa shape index (κ3) is 4.18. The van der Waals surface area contributed by atoms with Crippen LogP contribution in [0.2, 0.25) is 0 Å². The first-order chi connectivity index (χ1) is 13.7. The summed E-state index contributed by atoms with van der Waals surface area (Å²) in [5, 5.41) is 0. The zero-order chi connectivity index (χ0) is 19.3. The Kier molecular flexibility index (Phi) is 5.89. The van der Waals surface area contributed by atoms with Crippen molar-refractivity contribution in [1.82, 2.24) is 9.80 Å². The van der Waals surface area contributed by atoms with Crippen LogP contribution in [0.1, 0.15) is 27.5 Å². The van der Waals surface area contributed by atoms with Gasteiger partial charge in [0.25, 0.3) is 5.91 Å². The number of halogens is 1. The number of hydrogen-bond acceptors (Lipinski definition) is 2. The van der Waals surface area contributed by atoms with Crippen molar-refractivity contribution in [2.75, 3.05) is 26.2 Å². The molecule has 3 aromatic rings. The van der Waals surface area contributed by atoms with Gasteiger partial charge in [-0.3, -0.25) is 9.69 Å². The molecule has 0 N–H and O–H groups in total. The molecule has 1 aliphatic rings. The third-order valence-corrected chi connectivity index (χ3v) is 5.76. The van der Waals surface area contributed by atoms with E-state index in [9.17, 15) is 4.79 Å². The highest BCUT2D eigenvalue weighted by atomic mass is 79.9. The number of piperazine rings is 1. The maximum atomic E-state index is 12.9. The Bertz CT molecular complexity index is 882. The molecule has 3 aromatic carbocycles. The lowest BCUT2D eigenvalue weighted by Gasteiger charge is -2.39. The maximum absolute atomic E-state index is 12.9. The van der Waals surface area contributed by atoms with Crippen LogP contribution in [0.3, 0.4) is 0 Å². The van der Waals surface area contributed by atoms with E-state index in [-0.39, 0.29) is 11.9 Å². The highest BCUT2D eigenvalue weighted by Crippen LogP contribution is 2.29. The highest BCUT2D eigenvalue weighted by Gasteiger charge is 2.28. The average molecular weight is 435 g/mol. The van der Waals surface area contributed by atoms with Gasteiger partial charge in [-0.1, -0.05) is 82.7 Å². The molecule has 1 heterocycles. The first-order valence-corrected chi connectivity index (χ1v) is 10.4. The van der Waals surface area contributed by atoms with Crippen molar-refractivity contribution in [2.45, 2.75) is 6.04 Å². The van der Waals surface area contributed by atoms with E-state index in [0.29, 0.717) is 0 Å². The van der Waals surface area contributed by atoms with Crippen LogP contribution in [0.15, 0.2) is 89.4 Å². The van der Waals surface area contributed by atoms with Crippen LogP contribution >= 0.6 is 15.9 Å². The van der Waals surface area contributed by atoms with Gasteiger partial charge < -0.3 is 4.90 Å². The zero-order valence-corrected chi connectivity index (χ0v) is 17.3. The summed E-state index contributed by atoms with van der Waals surface area (Å²) in [7, 11) is 0. The lowest BCUT2D eigenvalue weighted by atomic mass is 9.96. The fourth-order valence-electron chi connectivity index (χ4n) is 3.87. The van der Waals surface area contributed by atoms with E-state index in [1.807, 2.05) is 29.2 Å². The van der Waals surface area contributed by atoms with Gasteiger partial charge in [-0.2, -0.15) is 0 Å². The van der Waals surface area contributed by atoms with Crippen LogP contribution in [0.25, 0.3) is 0 Å². The van der Waals surface area contributed by atoms with Crippen LogP contribution in [0.4, 0.5) is 0 Å². The lowest BCUT2D eigenvalue weighted by Crippen LogP contribution is -2.49. The van der Waals surface area contributed by atoms with Crippen molar-refractivity contribution >= 4 is 21.8 Å². The fourth-order valence-corrected chi connectivity index (χ4v) is 4.27. The van der Waals surface area contributed by atoms with Gasteiger partial charge in [0.1, 0.15) is 0 Å². The molecule has 4 rings (SSSR count). The van der Waals surface area contributed by atoms with Crippen molar-refractivity contribution in [1.29, 1.82) is 0 Å². The summed E-state index contributed by atoms with van der Waals surface area (Å²) in [4.78, 5) is 17.3. The van der Waals surface area contributed by atoms with Gasteiger partial charge in [0.2, 0.25) is 0 Å². The van der Waals surface area contributed by atoms with Crippen LogP contribution in [-0.2, 0) is 0 Å². The van der Waals surface area contributed by atoms with Crippen LogP contribution in [0.5, 0.6) is 0 Å². The fraction of sp³-hybridized carbons (Fsp3) is 0.208. The van der Waals surface area contributed by atoms with E-state index in [4.69, 9.17) is 0 Å². The van der Waals surface area contributed by atoms with Crippen molar-refractivity contribution in [3.8, 4) is 0 Å². The molecule has 4 heteroatoms. The standard InChI is InChI=1S/C24H23BrN2O/c25-22-13-7-12-21(18-22)24(28)27-16-14-26(15-17-27)23(19-8-3-1-4-9-19)20-10-5-2-6-11-20/h1-13,18,23H,14-17H2. The second kappa shape index (κ2) is 8.72. The summed E-state index contributed by atoms with van der Waals surface area (Å²) in [5.41, 5.74) is 3.33. The molecule has 0 bridgehead atoms. The molecule has 3 nitrogen and oxygen atoms in total. The number of carbonyl (C=O) groups excluding carboxylic acids is 1. The van der Waals surface area contributed by atoms with E-state index in [2.05, 4.69) is 81.5 Å². The Morgan fingerprint density at radius 3 is 1.86 bits per heavy atom. The molecule has 0 aliphatic carbocycles. The minimum absolute atomic E-state index is 0.108. The van der Waals surface area contributed by atoms with Crippen molar-refractivity contribution in [3.63, 3.8) is 0 Å². The monoisotopic (exact) mass is 434 g/mol. The number of benzene rings is 3. The van der Waals surface area contributed by atoms with Crippen molar-refractivity contribution < 1.29 is 4.79 Å². The van der Waals surface area contributed by atoms with Gasteiger partial charge in [0, 0.05) is 36.2 Å². The van der Waals surface area contributed by atoms with Gasteiger partial charge in [-0.25, -0.2) is 0 Å². The predicted octanol–water partition coefficient (Wildman–Crippen LogP) is 5.00. The summed E-state index contributed by atoms with van der Waals surface area (Å²) in [6.45, 7) is 3.19. The minimum Gasteiger partial charge on any atom is -0.336 e. The Morgan fingerprint density at radius 2 is 1.32 bits per heavy atom. The summed E-state index contributed by atoms with van der Waals surface area (Å²) >= 11 is 3.46. The molecule has 0 unspecified atom stereocenters. The molecule has 0 atom stereocenters. The number of nitrogens with zero attached hydrogens (tertiary/aromatic N) is 2. The molecule has 1 amide bonds. The SMILES string of the molecule is O=C(c1cccc(Br)c1)N1CCN(C(c2ccccc2)c2ccccc2)CC1. The Balaban J connectivity index is 1.51. The largest absolute Gasteiger partial charge is 0.336 e. The molecular formula is C24H23BrN2O. The topological polar surface area (TPSA) is 23.6 Å². The molecule has 28 heavy (non-hydrogen) atoms. The molecule has 0 radical (unpaired) electrons. The second-order valence-electron chi connectivity index (χ2n) is 7.06. The highest BCUT2D eigenvalue weighted by molar-refractivity contribution is 9.10. The third-order valence-electron chi connectivity index (χ3n) is 5.27.